The van der Waals surface area contributed by atoms with Gasteiger partial charge in [0, 0.05) is 17.7 Å². The van der Waals surface area contributed by atoms with Crippen molar-refractivity contribution in [3.8, 4) is 0 Å². The van der Waals surface area contributed by atoms with Gasteiger partial charge in [-0.15, -0.1) is 0 Å². The van der Waals surface area contributed by atoms with Crippen LogP contribution in [0.25, 0.3) is 0 Å². The number of aromatic nitrogens is 1. The number of hydrogen-bond acceptors (Lipinski definition) is 4. The maximum atomic E-state index is 4.81. The third-order valence-corrected chi connectivity index (χ3v) is 6.38. The van der Waals surface area contributed by atoms with Gasteiger partial charge in [0.15, 0.2) is 0 Å². The molecule has 0 bridgehead atoms. The fourth-order valence-corrected chi connectivity index (χ4v) is 4.49. The Kier molecular flexibility index (Phi) is 8.73. The standard InChI is InChI=1S/C22H30N2S2/c1-5-6-7-15-25-21(24-20-9-8-14-23-16-20)26-17-18-10-12-19(13-11-18)22(2,3)4/h8-14,16H,5-7,15,17H2,1-4H3. The van der Waals surface area contributed by atoms with Crippen molar-refractivity contribution in [3.63, 3.8) is 0 Å². The van der Waals surface area contributed by atoms with Gasteiger partial charge in [-0.1, -0.05) is 88.3 Å². The van der Waals surface area contributed by atoms with E-state index < -0.39 is 0 Å². The van der Waals surface area contributed by atoms with E-state index in [1.807, 2.05) is 41.9 Å². The summed E-state index contributed by atoms with van der Waals surface area (Å²) >= 11 is 3.69. The summed E-state index contributed by atoms with van der Waals surface area (Å²) in [6.45, 7) is 9.00. The molecule has 0 amide bonds. The van der Waals surface area contributed by atoms with E-state index in [1.165, 1.54) is 30.4 Å². The minimum atomic E-state index is 0.202. The highest BCUT2D eigenvalue weighted by Crippen LogP contribution is 2.27. The number of hydrogen-bond donors (Lipinski definition) is 0. The fraction of sp³-hybridized carbons (Fsp3) is 0.455. The first kappa shape index (κ1) is 21.0. The van der Waals surface area contributed by atoms with Crippen molar-refractivity contribution in [1.29, 1.82) is 0 Å². The third kappa shape index (κ3) is 7.55. The van der Waals surface area contributed by atoms with Gasteiger partial charge >= 0.3 is 0 Å². The van der Waals surface area contributed by atoms with Crippen molar-refractivity contribution in [3.05, 3.63) is 59.9 Å². The average Bonchev–Trinajstić information content (AvgIpc) is 2.63. The molecule has 2 aromatic rings. The molecular formula is C22H30N2S2. The van der Waals surface area contributed by atoms with Crippen LogP contribution >= 0.6 is 23.5 Å². The number of benzene rings is 1. The molecule has 4 heteroatoms. The zero-order chi connectivity index (χ0) is 18.8. The SMILES string of the molecule is CCCCCSC(=Nc1cccnc1)SCc1ccc(C(C)(C)C)cc1. The lowest BCUT2D eigenvalue weighted by atomic mass is 9.87. The smallest absolute Gasteiger partial charge is 0.130 e. The summed E-state index contributed by atoms with van der Waals surface area (Å²) in [4.78, 5) is 8.98. The maximum Gasteiger partial charge on any atom is 0.130 e. The molecule has 0 radical (unpaired) electrons. The van der Waals surface area contributed by atoms with Crippen molar-refractivity contribution >= 4 is 33.6 Å². The summed E-state index contributed by atoms with van der Waals surface area (Å²) < 4.78 is 1.13. The Morgan fingerprint density at radius 2 is 1.81 bits per heavy atom. The van der Waals surface area contributed by atoms with Crippen molar-refractivity contribution in [2.45, 2.75) is 58.1 Å². The highest BCUT2D eigenvalue weighted by Gasteiger charge is 2.13. The maximum absolute atomic E-state index is 4.81. The van der Waals surface area contributed by atoms with Gasteiger partial charge in [-0.3, -0.25) is 4.98 Å². The molecule has 0 aliphatic heterocycles. The second-order valence-electron chi connectivity index (χ2n) is 7.38. The van der Waals surface area contributed by atoms with Crippen molar-refractivity contribution < 1.29 is 0 Å². The second-order valence-corrected chi connectivity index (χ2v) is 9.69. The fourth-order valence-electron chi connectivity index (χ4n) is 2.39. The lowest BCUT2D eigenvalue weighted by molar-refractivity contribution is 0.590. The number of rotatable bonds is 7. The highest BCUT2D eigenvalue weighted by atomic mass is 32.2. The predicted molar refractivity (Wildman–Crippen MR) is 120 cm³/mol. The molecule has 0 fully saturated rings. The summed E-state index contributed by atoms with van der Waals surface area (Å²) in [6, 6.07) is 12.9. The van der Waals surface area contributed by atoms with E-state index in [0.717, 1.165) is 21.6 Å². The molecule has 1 aromatic carbocycles. The van der Waals surface area contributed by atoms with E-state index in [1.54, 1.807) is 6.20 Å². The van der Waals surface area contributed by atoms with Gasteiger partial charge in [-0.05, 0) is 35.1 Å². The van der Waals surface area contributed by atoms with Gasteiger partial charge < -0.3 is 0 Å². The number of aliphatic imine (C=N–C) groups is 1. The Morgan fingerprint density at radius 1 is 1.04 bits per heavy atom. The van der Waals surface area contributed by atoms with Gasteiger partial charge in [0.25, 0.3) is 0 Å². The number of pyridine rings is 1. The van der Waals surface area contributed by atoms with Crippen LogP contribution in [0.4, 0.5) is 5.69 Å². The summed E-state index contributed by atoms with van der Waals surface area (Å²) in [6.07, 6.45) is 7.39. The highest BCUT2D eigenvalue weighted by molar-refractivity contribution is 8.38. The monoisotopic (exact) mass is 386 g/mol. The van der Waals surface area contributed by atoms with Crippen LogP contribution in [-0.2, 0) is 11.2 Å². The van der Waals surface area contributed by atoms with E-state index in [0.29, 0.717) is 0 Å². The molecule has 0 atom stereocenters. The molecule has 2 rings (SSSR count). The Labute approximate surface area is 167 Å². The Hall–Kier alpha value is -1.26. The lowest BCUT2D eigenvalue weighted by Crippen LogP contribution is -2.10. The van der Waals surface area contributed by atoms with Crippen LogP contribution in [0.1, 0.15) is 58.1 Å². The van der Waals surface area contributed by atoms with Crippen LogP contribution in [-0.4, -0.2) is 15.1 Å². The molecule has 0 N–H and O–H groups in total. The number of nitrogens with zero attached hydrogens (tertiary/aromatic N) is 2. The van der Waals surface area contributed by atoms with Gasteiger partial charge in [0.05, 0.1) is 11.9 Å². The second kappa shape index (κ2) is 10.8. The van der Waals surface area contributed by atoms with Gasteiger partial charge in [-0.25, -0.2) is 4.99 Å². The Bertz CT molecular complexity index is 674. The lowest BCUT2D eigenvalue weighted by Gasteiger charge is -2.19. The quantitative estimate of drug-likeness (QED) is 0.285. The molecule has 0 saturated carbocycles. The Morgan fingerprint density at radius 3 is 2.42 bits per heavy atom. The first-order valence-corrected chi connectivity index (χ1v) is 11.3. The summed E-state index contributed by atoms with van der Waals surface area (Å²) in [7, 11) is 0. The molecule has 0 spiro atoms. The van der Waals surface area contributed by atoms with E-state index >= 15 is 0 Å². The molecule has 2 nitrogen and oxygen atoms in total. The normalized spacial score (nSPS) is 12.4. The summed E-state index contributed by atoms with van der Waals surface area (Å²) in [5, 5.41) is 0. The molecule has 1 heterocycles. The van der Waals surface area contributed by atoms with Crippen LogP contribution in [0.15, 0.2) is 53.8 Å². The van der Waals surface area contributed by atoms with Gasteiger partial charge in [-0.2, -0.15) is 0 Å². The molecule has 0 aliphatic rings. The number of unbranched alkanes of at least 4 members (excludes halogenated alkanes) is 2. The Balaban J connectivity index is 2.00. The predicted octanol–water partition coefficient (Wildman–Crippen LogP) is 7.22. The average molecular weight is 387 g/mol. The molecule has 140 valence electrons. The van der Waals surface area contributed by atoms with Crippen molar-refractivity contribution in [2.24, 2.45) is 4.99 Å². The van der Waals surface area contributed by atoms with Crippen LogP contribution in [0, 0.1) is 0 Å². The molecule has 1 aromatic heterocycles. The van der Waals surface area contributed by atoms with E-state index in [9.17, 15) is 0 Å². The summed E-state index contributed by atoms with van der Waals surface area (Å²) in [5.74, 6) is 2.08. The molecule has 26 heavy (non-hydrogen) atoms. The van der Waals surface area contributed by atoms with Gasteiger partial charge in [0.1, 0.15) is 4.38 Å². The first-order chi connectivity index (χ1) is 12.5. The van der Waals surface area contributed by atoms with E-state index in [2.05, 4.69) is 56.9 Å². The topological polar surface area (TPSA) is 25.2 Å². The van der Waals surface area contributed by atoms with Crippen LogP contribution in [0.2, 0.25) is 0 Å². The zero-order valence-corrected chi connectivity index (χ0v) is 18.0. The largest absolute Gasteiger partial charge is 0.262 e. The van der Waals surface area contributed by atoms with Crippen molar-refractivity contribution in [2.75, 3.05) is 5.75 Å². The zero-order valence-electron chi connectivity index (χ0n) is 16.4. The van der Waals surface area contributed by atoms with Crippen LogP contribution in [0.3, 0.4) is 0 Å². The summed E-state index contributed by atoms with van der Waals surface area (Å²) in [5.41, 5.74) is 3.86. The first-order valence-electron chi connectivity index (χ1n) is 9.33. The van der Waals surface area contributed by atoms with E-state index in [-0.39, 0.29) is 5.41 Å². The number of thioether (sulfide) groups is 2. The molecule has 0 aliphatic carbocycles. The van der Waals surface area contributed by atoms with Crippen molar-refractivity contribution in [1.82, 2.24) is 4.98 Å². The minimum Gasteiger partial charge on any atom is -0.262 e. The minimum absolute atomic E-state index is 0.202. The van der Waals surface area contributed by atoms with Crippen LogP contribution in [0.5, 0.6) is 0 Å². The molecule has 0 saturated heterocycles. The van der Waals surface area contributed by atoms with Crippen LogP contribution < -0.4 is 0 Å². The third-order valence-electron chi connectivity index (χ3n) is 4.02. The molecular weight excluding hydrogens is 356 g/mol. The molecule has 0 unspecified atom stereocenters. The van der Waals surface area contributed by atoms with Gasteiger partial charge in [0.2, 0.25) is 0 Å². The van der Waals surface area contributed by atoms with E-state index in [4.69, 9.17) is 4.99 Å².